The topological polar surface area (TPSA) is 21.3 Å². The quantitative estimate of drug-likeness (QED) is 0.159. The number of thiophene rings is 1. The highest BCUT2D eigenvalue weighted by molar-refractivity contribution is 7.25. The number of hydrogen-bond acceptors (Lipinski definition) is 3. The van der Waals surface area contributed by atoms with Crippen LogP contribution in [0.4, 0.5) is 17.1 Å². The summed E-state index contributed by atoms with van der Waals surface area (Å²) in [6.07, 6.45) is 0. The van der Waals surface area contributed by atoms with Crippen molar-refractivity contribution in [3.63, 3.8) is 0 Å². The van der Waals surface area contributed by atoms with Crippen LogP contribution in [-0.2, 0) is 0 Å². The fraction of sp³-hybridized carbons (Fsp3) is 0. The van der Waals surface area contributed by atoms with Gasteiger partial charge in [-0.25, -0.2) is 0 Å². The summed E-state index contributed by atoms with van der Waals surface area (Å²) in [6.45, 7) is 0. The fourth-order valence-electron chi connectivity index (χ4n) is 10.7. The van der Waals surface area contributed by atoms with Crippen molar-refractivity contribution in [2.75, 3.05) is 4.90 Å². The zero-order valence-corrected chi connectivity index (χ0v) is 37.6. The van der Waals surface area contributed by atoms with Crippen LogP contribution in [0, 0.1) is 0 Å². The Morgan fingerprint density at radius 1 is 0.368 bits per heavy atom. The highest BCUT2D eigenvalue weighted by atomic mass is 32.1. The second-order valence-corrected chi connectivity index (χ2v) is 18.7. The monoisotopic (exact) mass is 884 g/mol. The molecule has 0 saturated carbocycles. The van der Waals surface area contributed by atoms with Gasteiger partial charge in [-0.1, -0.05) is 170 Å². The maximum atomic E-state index is 6.72. The van der Waals surface area contributed by atoms with Crippen molar-refractivity contribution >= 4 is 103 Å². The summed E-state index contributed by atoms with van der Waals surface area (Å²) >= 11 is 1.86. The number of para-hydroxylation sites is 4. The molecule has 0 aliphatic heterocycles. The van der Waals surface area contributed by atoms with E-state index in [1.807, 2.05) is 11.3 Å². The van der Waals surface area contributed by atoms with Crippen LogP contribution in [0.2, 0.25) is 0 Å². The normalized spacial score (nSPS) is 11.8. The lowest BCUT2D eigenvalue weighted by Gasteiger charge is -2.28. The predicted octanol–water partition coefficient (Wildman–Crippen LogP) is 18.7. The number of fused-ring (bicyclic) bond motifs is 11. The van der Waals surface area contributed by atoms with Gasteiger partial charge in [0.25, 0.3) is 0 Å². The Labute approximate surface area is 396 Å². The lowest BCUT2D eigenvalue weighted by atomic mass is 9.96. The van der Waals surface area contributed by atoms with Crippen molar-refractivity contribution in [3.05, 3.63) is 243 Å². The number of furan rings is 1. The lowest BCUT2D eigenvalue weighted by Crippen LogP contribution is -2.11. The molecule has 0 fully saturated rings. The van der Waals surface area contributed by atoms with Crippen molar-refractivity contribution in [1.29, 1.82) is 0 Å². The minimum absolute atomic E-state index is 0.876. The first kappa shape index (κ1) is 38.6. The van der Waals surface area contributed by atoms with Gasteiger partial charge in [-0.3, -0.25) is 0 Å². The molecule has 318 valence electrons. The molecule has 0 amide bonds. The highest BCUT2D eigenvalue weighted by Gasteiger charge is 2.22. The molecule has 0 bridgehead atoms. The third kappa shape index (κ3) is 6.05. The smallest absolute Gasteiger partial charge is 0.143 e. The first-order chi connectivity index (χ1) is 33.7. The van der Waals surface area contributed by atoms with E-state index in [1.165, 1.54) is 64.1 Å². The highest BCUT2D eigenvalue weighted by Crippen LogP contribution is 2.47. The standard InChI is InChI=1S/C64H40N2OS/c1-2-16-48-42(14-1)32-39-55-63-54(21-13-26-60(63)67-64(48)55)51-19-6-9-23-57(51)65(45-34-28-41(29-35-45)44-33-38-53-52-20-7-12-27-61(52)68-62(53)40-44)46-36-30-43(31-37-46)47-15-3-8-22-56(47)66-58-24-10-4-17-49(58)50-18-5-11-25-59(50)66/h1-40H. The molecule has 0 saturated heterocycles. The number of hydrogen-bond donors (Lipinski definition) is 0. The van der Waals surface area contributed by atoms with E-state index in [4.69, 9.17) is 4.42 Å². The van der Waals surface area contributed by atoms with Gasteiger partial charge >= 0.3 is 0 Å². The summed E-state index contributed by atoms with van der Waals surface area (Å²) < 4.78 is 11.8. The summed E-state index contributed by atoms with van der Waals surface area (Å²) in [7, 11) is 0. The van der Waals surface area contributed by atoms with Crippen molar-refractivity contribution in [2.45, 2.75) is 0 Å². The van der Waals surface area contributed by atoms with Gasteiger partial charge in [0.15, 0.2) is 0 Å². The molecule has 0 N–H and O–H groups in total. The van der Waals surface area contributed by atoms with Gasteiger partial charge in [0, 0.05) is 69.6 Å². The molecule has 0 radical (unpaired) electrons. The fourth-order valence-corrected chi connectivity index (χ4v) is 11.8. The predicted molar refractivity (Wildman–Crippen MR) is 289 cm³/mol. The van der Waals surface area contributed by atoms with Crippen LogP contribution in [0.5, 0.6) is 0 Å². The molecular weight excluding hydrogens is 845 g/mol. The Balaban J connectivity index is 0.925. The zero-order valence-electron chi connectivity index (χ0n) is 36.8. The molecule has 3 heterocycles. The van der Waals surface area contributed by atoms with Crippen LogP contribution in [0.3, 0.4) is 0 Å². The van der Waals surface area contributed by atoms with Gasteiger partial charge in [0.1, 0.15) is 11.2 Å². The molecule has 68 heavy (non-hydrogen) atoms. The van der Waals surface area contributed by atoms with E-state index in [0.717, 1.165) is 66.8 Å². The van der Waals surface area contributed by atoms with Crippen molar-refractivity contribution in [3.8, 4) is 39.1 Å². The molecule has 0 unspecified atom stereocenters. The second kappa shape index (κ2) is 15.5. The van der Waals surface area contributed by atoms with Crippen LogP contribution >= 0.6 is 11.3 Å². The van der Waals surface area contributed by atoms with E-state index in [2.05, 4.69) is 252 Å². The molecule has 0 spiro atoms. The van der Waals surface area contributed by atoms with Crippen molar-refractivity contribution < 1.29 is 4.42 Å². The number of nitrogens with zero attached hydrogens (tertiary/aromatic N) is 2. The Morgan fingerprint density at radius 3 is 1.72 bits per heavy atom. The largest absolute Gasteiger partial charge is 0.455 e. The van der Waals surface area contributed by atoms with E-state index in [9.17, 15) is 0 Å². The van der Waals surface area contributed by atoms with Crippen LogP contribution in [0.1, 0.15) is 0 Å². The first-order valence-electron chi connectivity index (χ1n) is 23.2. The maximum absolute atomic E-state index is 6.72. The molecule has 0 atom stereocenters. The number of rotatable bonds is 7. The van der Waals surface area contributed by atoms with Crippen LogP contribution in [-0.4, -0.2) is 4.57 Å². The van der Waals surface area contributed by atoms with Gasteiger partial charge in [-0.05, 0) is 100 Å². The third-order valence-electron chi connectivity index (χ3n) is 13.8. The zero-order chi connectivity index (χ0) is 44.7. The van der Waals surface area contributed by atoms with Gasteiger partial charge in [0.05, 0.1) is 22.4 Å². The number of benzene rings is 11. The number of aromatic nitrogens is 1. The van der Waals surface area contributed by atoms with Gasteiger partial charge in [0.2, 0.25) is 0 Å². The molecule has 0 aliphatic rings. The molecular formula is C64H40N2OS. The lowest BCUT2D eigenvalue weighted by molar-refractivity contribution is 0.673. The average Bonchev–Trinajstić information content (AvgIpc) is 4.09. The Kier molecular flexibility index (Phi) is 8.76. The van der Waals surface area contributed by atoms with Gasteiger partial charge < -0.3 is 13.9 Å². The summed E-state index contributed by atoms with van der Waals surface area (Å²) in [6, 6.07) is 88.2. The third-order valence-corrected chi connectivity index (χ3v) is 15.0. The van der Waals surface area contributed by atoms with Crippen molar-refractivity contribution in [2.24, 2.45) is 0 Å². The van der Waals surface area contributed by atoms with Crippen LogP contribution in [0.25, 0.3) is 114 Å². The molecule has 14 rings (SSSR count). The minimum atomic E-state index is 0.876. The molecule has 3 nitrogen and oxygen atoms in total. The van der Waals surface area contributed by atoms with Gasteiger partial charge in [-0.15, -0.1) is 11.3 Å². The molecule has 3 aromatic heterocycles. The van der Waals surface area contributed by atoms with Crippen molar-refractivity contribution in [1.82, 2.24) is 4.57 Å². The van der Waals surface area contributed by atoms with Gasteiger partial charge in [-0.2, -0.15) is 0 Å². The number of anilines is 3. The summed E-state index contributed by atoms with van der Waals surface area (Å²) in [5.74, 6) is 0. The Morgan fingerprint density at radius 2 is 0.941 bits per heavy atom. The Hall–Kier alpha value is -8.70. The van der Waals surface area contributed by atoms with Crippen LogP contribution in [0.15, 0.2) is 247 Å². The Bertz CT molecular complexity index is 4210. The second-order valence-electron chi connectivity index (χ2n) is 17.6. The van der Waals surface area contributed by atoms with E-state index >= 15 is 0 Å². The summed E-state index contributed by atoms with van der Waals surface area (Å²) in [5, 5.41) is 9.64. The molecule has 4 heteroatoms. The van der Waals surface area contributed by atoms with E-state index in [-0.39, 0.29) is 0 Å². The van der Waals surface area contributed by atoms with Crippen LogP contribution < -0.4 is 4.90 Å². The molecule has 11 aromatic carbocycles. The molecule has 14 aromatic rings. The van der Waals surface area contributed by atoms with E-state index in [0.29, 0.717) is 0 Å². The summed E-state index contributed by atoms with van der Waals surface area (Å²) in [5.41, 5.74) is 15.5. The minimum Gasteiger partial charge on any atom is -0.455 e. The maximum Gasteiger partial charge on any atom is 0.143 e. The molecule has 0 aliphatic carbocycles. The van der Waals surface area contributed by atoms with E-state index < -0.39 is 0 Å². The SMILES string of the molecule is c1ccc(N(c2ccc(-c3ccc4c(c3)sc3ccccc34)cc2)c2ccc(-c3ccccc3-n3c4ccccc4c4ccccc43)cc2)c(-c2cccc3oc4c5ccccc5ccc4c23)c1. The average molecular weight is 885 g/mol. The first-order valence-corrected chi connectivity index (χ1v) is 24.0. The summed E-state index contributed by atoms with van der Waals surface area (Å²) in [4.78, 5) is 2.41. The van der Waals surface area contributed by atoms with E-state index in [1.54, 1.807) is 0 Å².